The molecule has 3 rings (SSSR count). The number of fused-ring (bicyclic) bond motifs is 3. The number of carbonyl (C=O) groups is 1. The zero-order chi connectivity index (χ0) is 16.8. The number of ether oxygens (including phenoxy) is 1. The molecule has 3 aromatic rings. The van der Waals surface area contributed by atoms with Crippen molar-refractivity contribution in [2.75, 3.05) is 6.61 Å². The van der Waals surface area contributed by atoms with Crippen LogP contribution in [-0.4, -0.2) is 17.6 Å². The molecule has 1 N–H and O–H groups in total. The van der Waals surface area contributed by atoms with Gasteiger partial charge in [-0.3, -0.25) is 4.79 Å². The number of nitrogens with one attached hydrogen (secondary N) is 1. The van der Waals surface area contributed by atoms with Gasteiger partial charge in [-0.25, -0.2) is 0 Å². The number of hydrogen-bond acceptors (Lipinski definition) is 2. The maximum Gasteiger partial charge on any atom is 0.305 e. The molecule has 3 nitrogen and oxygen atoms in total. The van der Waals surface area contributed by atoms with Gasteiger partial charge in [-0.15, -0.1) is 0 Å². The topological polar surface area (TPSA) is 42.1 Å². The van der Waals surface area contributed by atoms with Crippen molar-refractivity contribution in [3.05, 3.63) is 48.0 Å². The van der Waals surface area contributed by atoms with E-state index in [2.05, 4.69) is 47.4 Å². The predicted octanol–water partition coefficient (Wildman–Crippen LogP) is 5.38. The molecule has 0 aliphatic heterocycles. The number of aromatic amines is 1. The lowest BCUT2D eigenvalue weighted by Gasteiger charge is -2.03. The lowest BCUT2D eigenvalue weighted by molar-refractivity contribution is -0.143. The Balaban J connectivity index is 1.49. The van der Waals surface area contributed by atoms with Gasteiger partial charge >= 0.3 is 5.97 Å². The van der Waals surface area contributed by atoms with Crippen molar-refractivity contribution >= 4 is 27.8 Å². The van der Waals surface area contributed by atoms with Crippen LogP contribution in [0.5, 0.6) is 0 Å². The molecule has 0 unspecified atom stereocenters. The summed E-state index contributed by atoms with van der Waals surface area (Å²) in [5.41, 5.74) is 3.79. The number of para-hydroxylation sites is 1. The fourth-order valence-corrected chi connectivity index (χ4v) is 3.24. The van der Waals surface area contributed by atoms with E-state index in [1.54, 1.807) is 0 Å². The Morgan fingerprint density at radius 1 is 0.958 bits per heavy atom. The van der Waals surface area contributed by atoms with Crippen molar-refractivity contribution < 1.29 is 9.53 Å². The number of benzene rings is 2. The van der Waals surface area contributed by atoms with Crippen molar-refractivity contribution in [1.29, 1.82) is 0 Å². The van der Waals surface area contributed by atoms with E-state index in [0.29, 0.717) is 13.0 Å². The normalized spacial score (nSPS) is 11.2. The second kappa shape index (κ2) is 8.00. The molecule has 0 spiro atoms. The zero-order valence-corrected chi connectivity index (χ0v) is 14.3. The molecule has 0 atom stereocenters. The van der Waals surface area contributed by atoms with Gasteiger partial charge in [-0.1, -0.05) is 43.2 Å². The summed E-state index contributed by atoms with van der Waals surface area (Å²) in [6.45, 7) is 2.33. The lowest BCUT2D eigenvalue weighted by atomic mass is 10.0. The highest BCUT2D eigenvalue weighted by atomic mass is 16.5. The first-order valence-corrected chi connectivity index (χ1v) is 8.93. The SMILES string of the molecule is CCOC(=O)CCCCCCc1ccc2c(c1)[nH]c1ccccc12. The largest absolute Gasteiger partial charge is 0.466 e. The molecule has 0 bridgehead atoms. The molecule has 24 heavy (non-hydrogen) atoms. The van der Waals surface area contributed by atoms with Crippen LogP contribution >= 0.6 is 0 Å². The van der Waals surface area contributed by atoms with Gasteiger partial charge in [0.05, 0.1) is 6.61 Å². The van der Waals surface area contributed by atoms with Crippen molar-refractivity contribution in [1.82, 2.24) is 4.98 Å². The summed E-state index contributed by atoms with van der Waals surface area (Å²) in [6.07, 6.45) is 5.98. The molecule has 0 fully saturated rings. The zero-order valence-electron chi connectivity index (χ0n) is 14.3. The van der Waals surface area contributed by atoms with Gasteiger partial charge in [0.1, 0.15) is 0 Å². The highest BCUT2D eigenvalue weighted by Crippen LogP contribution is 2.26. The summed E-state index contributed by atoms with van der Waals surface area (Å²) in [5.74, 6) is -0.0678. The van der Waals surface area contributed by atoms with Gasteiger partial charge in [0.2, 0.25) is 0 Å². The molecular formula is C21H25NO2. The second-order valence-electron chi connectivity index (χ2n) is 6.27. The molecule has 126 valence electrons. The van der Waals surface area contributed by atoms with Gasteiger partial charge in [0.15, 0.2) is 0 Å². The van der Waals surface area contributed by atoms with E-state index >= 15 is 0 Å². The first kappa shape index (κ1) is 16.6. The fraction of sp³-hybridized carbons (Fsp3) is 0.381. The van der Waals surface area contributed by atoms with Gasteiger partial charge in [-0.2, -0.15) is 0 Å². The molecule has 0 amide bonds. The maximum atomic E-state index is 11.3. The van der Waals surface area contributed by atoms with Crippen LogP contribution < -0.4 is 0 Å². The number of aryl methyl sites for hydroxylation is 1. The average Bonchev–Trinajstić information content (AvgIpc) is 2.96. The van der Waals surface area contributed by atoms with Crippen LogP contribution in [0.2, 0.25) is 0 Å². The molecule has 0 aliphatic rings. The lowest BCUT2D eigenvalue weighted by Crippen LogP contribution is -2.03. The van der Waals surface area contributed by atoms with Crippen molar-refractivity contribution in [2.45, 2.75) is 45.4 Å². The number of rotatable bonds is 8. The molecule has 0 saturated carbocycles. The minimum Gasteiger partial charge on any atom is -0.466 e. The molecule has 1 aromatic heterocycles. The molecule has 0 radical (unpaired) electrons. The summed E-state index contributed by atoms with van der Waals surface area (Å²) in [5, 5.41) is 2.59. The summed E-state index contributed by atoms with van der Waals surface area (Å²) in [6, 6.07) is 15.2. The van der Waals surface area contributed by atoms with E-state index in [0.717, 1.165) is 32.1 Å². The van der Waals surface area contributed by atoms with Gasteiger partial charge in [0.25, 0.3) is 0 Å². The Bertz CT molecular complexity index is 819. The summed E-state index contributed by atoms with van der Waals surface area (Å²) in [7, 11) is 0. The van der Waals surface area contributed by atoms with Crippen LogP contribution in [0, 0.1) is 0 Å². The third-order valence-corrected chi connectivity index (χ3v) is 4.47. The number of carbonyl (C=O) groups excluding carboxylic acids is 1. The van der Waals surface area contributed by atoms with E-state index in [1.807, 2.05) is 6.92 Å². The van der Waals surface area contributed by atoms with E-state index in [-0.39, 0.29) is 5.97 Å². The number of unbranched alkanes of at least 4 members (excludes halogenated alkanes) is 3. The molecular weight excluding hydrogens is 298 g/mol. The number of esters is 1. The maximum absolute atomic E-state index is 11.3. The molecule has 3 heteroatoms. The monoisotopic (exact) mass is 323 g/mol. The van der Waals surface area contributed by atoms with Crippen LogP contribution in [0.15, 0.2) is 42.5 Å². The highest BCUT2D eigenvalue weighted by molar-refractivity contribution is 6.07. The van der Waals surface area contributed by atoms with Crippen LogP contribution in [0.1, 0.15) is 44.6 Å². The summed E-state index contributed by atoms with van der Waals surface area (Å²) < 4.78 is 4.94. The molecule has 0 saturated heterocycles. The van der Waals surface area contributed by atoms with E-state index in [4.69, 9.17) is 4.74 Å². The second-order valence-corrected chi connectivity index (χ2v) is 6.27. The standard InChI is InChI=1S/C21H25NO2/c1-2-24-21(23)12-6-4-3-5-9-16-13-14-18-17-10-7-8-11-19(17)22-20(18)15-16/h7-8,10-11,13-15,22H,2-6,9,12H2,1H3. The third kappa shape index (κ3) is 3.97. The van der Waals surface area contributed by atoms with Gasteiger partial charge in [-0.05, 0) is 43.9 Å². The Morgan fingerprint density at radius 2 is 1.75 bits per heavy atom. The summed E-state index contributed by atoms with van der Waals surface area (Å²) in [4.78, 5) is 14.8. The third-order valence-electron chi connectivity index (χ3n) is 4.47. The van der Waals surface area contributed by atoms with Gasteiger partial charge in [0, 0.05) is 28.2 Å². The number of H-pyrrole nitrogens is 1. The smallest absolute Gasteiger partial charge is 0.305 e. The predicted molar refractivity (Wildman–Crippen MR) is 99.2 cm³/mol. The molecule has 2 aromatic carbocycles. The Kier molecular flexibility index (Phi) is 5.52. The Labute approximate surface area is 143 Å². The van der Waals surface area contributed by atoms with Crippen molar-refractivity contribution in [2.24, 2.45) is 0 Å². The van der Waals surface area contributed by atoms with Crippen molar-refractivity contribution in [3.8, 4) is 0 Å². The first-order valence-electron chi connectivity index (χ1n) is 8.93. The first-order chi connectivity index (χ1) is 11.8. The summed E-state index contributed by atoms with van der Waals surface area (Å²) >= 11 is 0. The van der Waals surface area contributed by atoms with Crippen LogP contribution in [0.4, 0.5) is 0 Å². The quantitative estimate of drug-likeness (QED) is 0.447. The minimum absolute atomic E-state index is 0.0678. The number of aromatic nitrogens is 1. The van der Waals surface area contributed by atoms with E-state index < -0.39 is 0 Å². The molecule has 1 heterocycles. The Morgan fingerprint density at radius 3 is 2.62 bits per heavy atom. The average molecular weight is 323 g/mol. The number of hydrogen-bond donors (Lipinski definition) is 1. The Hall–Kier alpha value is -2.29. The minimum atomic E-state index is -0.0678. The highest BCUT2D eigenvalue weighted by Gasteiger charge is 2.05. The van der Waals surface area contributed by atoms with Crippen LogP contribution in [-0.2, 0) is 16.0 Å². The van der Waals surface area contributed by atoms with Crippen molar-refractivity contribution in [3.63, 3.8) is 0 Å². The van der Waals surface area contributed by atoms with Gasteiger partial charge < -0.3 is 9.72 Å². The van der Waals surface area contributed by atoms with E-state index in [9.17, 15) is 4.79 Å². The van der Waals surface area contributed by atoms with Crippen LogP contribution in [0.3, 0.4) is 0 Å². The van der Waals surface area contributed by atoms with Crippen LogP contribution in [0.25, 0.3) is 21.8 Å². The molecule has 0 aliphatic carbocycles. The fourth-order valence-electron chi connectivity index (χ4n) is 3.24. The van der Waals surface area contributed by atoms with E-state index in [1.165, 1.54) is 27.4 Å².